The van der Waals surface area contributed by atoms with Gasteiger partial charge < -0.3 is 9.80 Å². The molecule has 2 fully saturated rings. The maximum absolute atomic E-state index is 12.1. The highest BCUT2D eigenvalue weighted by Crippen LogP contribution is 2.21. The van der Waals surface area contributed by atoms with Gasteiger partial charge in [-0.2, -0.15) is 0 Å². The van der Waals surface area contributed by atoms with Crippen LogP contribution < -0.4 is 0 Å². The second-order valence-electron chi connectivity index (χ2n) is 6.66. The fraction of sp³-hybridized carbons (Fsp3) is 0.938. The Balaban J connectivity index is 1.76. The molecule has 2 aliphatic rings. The topological polar surface area (TPSA) is 23.6 Å². The third kappa shape index (κ3) is 4.48. The normalized spacial score (nSPS) is 23.6. The predicted molar refractivity (Wildman–Crippen MR) is 79.1 cm³/mol. The molecule has 0 saturated carbocycles. The summed E-state index contributed by atoms with van der Waals surface area (Å²) in [4.78, 5) is 16.8. The summed E-state index contributed by atoms with van der Waals surface area (Å²) in [6, 6.07) is 0.737. The quantitative estimate of drug-likeness (QED) is 0.784. The van der Waals surface area contributed by atoms with Crippen LogP contribution in [0.3, 0.4) is 0 Å². The summed E-state index contributed by atoms with van der Waals surface area (Å²) in [5.41, 5.74) is 0. The first kappa shape index (κ1) is 14.8. The predicted octanol–water partition coefficient (Wildman–Crippen LogP) is 2.90. The van der Waals surface area contributed by atoms with E-state index in [-0.39, 0.29) is 0 Å². The molecule has 1 amide bonds. The van der Waals surface area contributed by atoms with Gasteiger partial charge in [0, 0.05) is 25.6 Å². The Kier molecular flexibility index (Phi) is 5.68. The number of amides is 1. The first-order valence-corrected chi connectivity index (χ1v) is 8.18. The first-order valence-electron chi connectivity index (χ1n) is 8.18. The van der Waals surface area contributed by atoms with Gasteiger partial charge in [-0.05, 0) is 44.7 Å². The van der Waals surface area contributed by atoms with E-state index in [9.17, 15) is 4.79 Å². The Labute approximate surface area is 118 Å². The van der Waals surface area contributed by atoms with Crippen LogP contribution in [-0.4, -0.2) is 47.9 Å². The average molecular weight is 266 g/mol. The van der Waals surface area contributed by atoms with Crippen molar-refractivity contribution in [3.8, 4) is 0 Å². The van der Waals surface area contributed by atoms with Crippen molar-refractivity contribution in [1.82, 2.24) is 9.80 Å². The molecule has 0 aromatic carbocycles. The summed E-state index contributed by atoms with van der Waals surface area (Å²) in [6.45, 7) is 8.78. The second kappa shape index (κ2) is 7.28. The maximum atomic E-state index is 12.1. The number of hydrogen-bond acceptors (Lipinski definition) is 2. The summed E-state index contributed by atoms with van der Waals surface area (Å²) in [7, 11) is 0. The minimum atomic E-state index is 0.365. The molecule has 2 saturated heterocycles. The van der Waals surface area contributed by atoms with Gasteiger partial charge in [-0.15, -0.1) is 0 Å². The number of carbonyl (C=O) groups is 1. The van der Waals surface area contributed by atoms with Gasteiger partial charge >= 0.3 is 0 Å². The fourth-order valence-corrected chi connectivity index (χ4v) is 3.42. The molecule has 110 valence electrons. The molecule has 3 heteroatoms. The molecule has 2 aliphatic heterocycles. The third-order valence-corrected chi connectivity index (χ3v) is 4.56. The Bertz CT molecular complexity index is 274. The Morgan fingerprint density at radius 3 is 2.11 bits per heavy atom. The SMILES string of the molecule is CC(C)CC(=O)N1CCC(N2CCCCCC2)CC1. The lowest BCUT2D eigenvalue weighted by Gasteiger charge is -2.38. The van der Waals surface area contributed by atoms with Crippen molar-refractivity contribution in [1.29, 1.82) is 0 Å². The molecule has 2 rings (SSSR count). The smallest absolute Gasteiger partial charge is 0.222 e. The van der Waals surface area contributed by atoms with E-state index in [0.29, 0.717) is 18.2 Å². The van der Waals surface area contributed by atoms with Crippen molar-refractivity contribution in [2.24, 2.45) is 5.92 Å². The number of nitrogens with zero attached hydrogens (tertiary/aromatic N) is 2. The summed E-state index contributed by atoms with van der Waals surface area (Å²) in [5, 5.41) is 0. The molecule has 2 heterocycles. The largest absolute Gasteiger partial charge is 0.343 e. The van der Waals surface area contributed by atoms with Crippen molar-refractivity contribution in [2.45, 2.75) is 64.8 Å². The zero-order valence-corrected chi connectivity index (χ0v) is 12.7. The number of carbonyl (C=O) groups excluding carboxylic acids is 1. The van der Waals surface area contributed by atoms with Crippen LogP contribution in [0.4, 0.5) is 0 Å². The second-order valence-corrected chi connectivity index (χ2v) is 6.66. The van der Waals surface area contributed by atoms with Crippen LogP contribution in [0, 0.1) is 5.92 Å². The van der Waals surface area contributed by atoms with Crippen LogP contribution in [0.25, 0.3) is 0 Å². The van der Waals surface area contributed by atoms with Crippen molar-refractivity contribution in [3.05, 3.63) is 0 Å². The van der Waals surface area contributed by atoms with Gasteiger partial charge in [-0.25, -0.2) is 0 Å². The molecule has 0 radical (unpaired) electrons. The number of likely N-dealkylation sites (tertiary alicyclic amines) is 2. The third-order valence-electron chi connectivity index (χ3n) is 4.56. The Morgan fingerprint density at radius 1 is 1.00 bits per heavy atom. The monoisotopic (exact) mass is 266 g/mol. The Hall–Kier alpha value is -0.570. The van der Waals surface area contributed by atoms with E-state index >= 15 is 0 Å². The summed E-state index contributed by atoms with van der Waals surface area (Å²) < 4.78 is 0. The first-order chi connectivity index (χ1) is 9.16. The van der Waals surface area contributed by atoms with Crippen LogP contribution >= 0.6 is 0 Å². The zero-order valence-electron chi connectivity index (χ0n) is 12.7. The molecular weight excluding hydrogens is 236 g/mol. The molecule has 0 aromatic rings. The van der Waals surface area contributed by atoms with E-state index in [1.165, 1.54) is 51.6 Å². The van der Waals surface area contributed by atoms with Crippen molar-refractivity contribution < 1.29 is 4.79 Å². The molecule has 0 aromatic heterocycles. The van der Waals surface area contributed by atoms with Gasteiger partial charge in [0.2, 0.25) is 5.91 Å². The van der Waals surface area contributed by atoms with Crippen LogP contribution in [0.1, 0.15) is 58.8 Å². The van der Waals surface area contributed by atoms with Crippen molar-refractivity contribution in [3.63, 3.8) is 0 Å². The highest BCUT2D eigenvalue weighted by Gasteiger charge is 2.27. The fourth-order valence-electron chi connectivity index (χ4n) is 3.42. The minimum Gasteiger partial charge on any atom is -0.343 e. The molecule has 0 bridgehead atoms. The highest BCUT2D eigenvalue weighted by atomic mass is 16.2. The minimum absolute atomic E-state index is 0.365. The molecular formula is C16H30N2O. The standard InChI is InChI=1S/C16H30N2O/c1-14(2)13-16(19)18-11-7-15(8-12-18)17-9-5-3-4-6-10-17/h14-15H,3-13H2,1-2H3. The lowest BCUT2D eigenvalue weighted by molar-refractivity contribution is -0.133. The highest BCUT2D eigenvalue weighted by molar-refractivity contribution is 5.76. The van der Waals surface area contributed by atoms with Crippen molar-refractivity contribution >= 4 is 5.91 Å². The van der Waals surface area contributed by atoms with Gasteiger partial charge in [0.1, 0.15) is 0 Å². The van der Waals surface area contributed by atoms with Crippen molar-refractivity contribution in [2.75, 3.05) is 26.2 Å². The maximum Gasteiger partial charge on any atom is 0.222 e. The van der Waals surface area contributed by atoms with Crippen LogP contribution in [0.2, 0.25) is 0 Å². The number of piperidine rings is 1. The van der Waals surface area contributed by atoms with Crippen LogP contribution in [-0.2, 0) is 4.79 Å². The van der Waals surface area contributed by atoms with E-state index in [4.69, 9.17) is 0 Å². The molecule has 0 spiro atoms. The van der Waals surface area contributed by atoms with Gasteiger partial charge in [0.05, 0.1) is 0 Å². The molecule has 3 nitrogen and oxygen atoms in total. The van der Waals surface area contributed by atoms with E-state index in [1.807, 2.05) is 0 Å². The van der Waals surface area contributed by atoms with Crippen LogP contribution in [0.15, 0.2) is 0 Å². The van der Waals surface area contributed by atoms with Crippen LogP contribution in [0.5, 0.6) is 0 Å². The Morgan fingerprint density at radius 2 is 1.58 bits per heavy atom. The van der Waals surface area contributed by atoms with Gasteiger partial charge in [0.15, 0.2) is 0 Å². The molecule has 19 heavy (non-hydrogen) atoms. The van der Waals surface area contributed by atoms with Gasteiger partial charge in [-0.3, -0.25) is 4.79 Å². The van der Waals surface area contributed by atoms with Gasteiger partial charge in [-0.1, -0.05) is 26.7 Å². The van der Waals surface area contributed by atoms with E-state index < -0.39 is 0 Å². The van der Waals surface area contributed by atoms with E-state index in [0.717, 1.165) is 19.1 Å². The van der Waals surface area contributed by atoms with E-state index in [1.54, 1.807) is 0 Å². The molecule has 0 unspecified atom stereocenters. The van der Waals surface area contributed by atoms with E-state index in [2.05, 4.69) is 23.6 Å². The number of hydrogen-bond donors (Lipinski definition) is 0. The summed E-state index contributed by atoms with van der Waals surface area (Å²) in [5.74, 6) is 0.847. The average Bonchev–Trinajstić information content (AvgIpc) is 2.67. The number of rotatable bonds is 3. The lowest BCUT2D eigenvalue weighted by atomic mass is 10.0. The molecule has 0 atom stereocenters. The lowest BCUT2D eigenvalue weighted by Crippen LogP contribution is -2.47. The summed E-state index contributed by atoms with van der Waals surface area (Å²) >= 11 is 0. The molecule has 0 aliphatic carbocycles. The van der Waals surface area contributed by atoms with Gasteiger partial charge in [0.25, 0.3) is 0 Å². The molecule has 0 N–H and O–H groups in total. The summed E-state index contributed by atoms with van der Waals surface area (Å²) in [6.07, 6.45) is 8.63. The zero-order chi connectivity index (χ0) is 13.7.